The zero-order valence-corrected chi connectivity index (χ0v) is 11.7. The largest absolute Gasteiger partial charge is 0.396 e. The van der Waals surface area contributed by atoms with Gasteiger partial charge in [0.1, 0.15) is 5.82 Å². The highest BCUT2D eigenvalue weighted by Gasteiger charge is 2.24. The first-order valence-corrected chi connectivity index (χ1v) is 6.35. The SMILES string of the molecule is COCC(C)(CCO)NC(=O)/C=C/c1ccc(F)cc1. The Morgan fingerprint density at radius 3 is 2.65 bits per heavy atom. The molecule has 0 aliphatic heterocycles. The number of benzene rings is 1. The summed E-state index contributed by atoms with van der Waals surface area (Å²) in [5, 5.41) is 11.8. The normalized spacial score (nSPS) is 14.2. The number of rotatable bonds is 7. The second-order valence-electron chi connectivity index (χ2n) is 4.84. The first-order valence-electron chi connectivity index (χ1n) is 6.35. The summed E-state index contributed by atoms with van der Waals surface area (Å²) in [7, 11) is 1.54. The third-order valence-corrected chi connectivity index (χ3v) is 2.85. The standard InChI is InChI=1S/C15H20FNO3/c1-15(9-10-18,11-20-2)17-14(19)8-5-12-3-6-13(16)7-4-12/h3-8,18H,9-11H2,1-2H3,(H,17,19)/b8-5+. The number of hydrogen-bond acceptors (Lipinski definition) is 3. The molecule has 0 fully saturated rings. The maximum Gasteiger partial charge on any atom is 0.244 e. The van der Waals surface area contributed by atoms with Gasteiger partial charge in [-0.15, -0.1) is 0 Å². The molecule has 1 atom stereocenters. The minimum Gasteiger partial charge on any atom is -0.396 e. The average Bonchev–Trinajstić information content (AvgIpc) is 2.38. The van der Waals surface area contributed by atoms with Crippen LogP contribution in [0.3, 0.4) is 0 Å². The van der Waals surface area contributed by atoms with Crippen molar-refractivity contribution in [1.82, 2.24) is 5.32 Å². The maximum atomic E-state index is 12.7. The van der Waals surface area contributed by atoms with Crippen molar-refractivity contribution in [3.05, 3.63) is 41.7 Å². The number of nitrogens with one attached hydrogen (secondary N) is 1. The summed E-state index contributed by atoms with van der Waals surface area (Å²) in [6, 6.07) is 5.83. The number of aliphatic hydroxyl groups excluding tert-OH is 1. The van der Waals surface area contributed by atoms with Crippen LogP contribution in [-0.4, -0.2) is 36.9 Å². The van der Waals surface area contributed by atoms with Crippen molar-refractivity contribution in [3.8, 4) is 0 Å². The van der Waals surface area contributed by atoms with E-state index in [0.29, 0.717) is 13.0 Å². The fourth-order valence-corrected chi connectivity index (χ4v) is 1.82. The van der Waals surface area contributed by atoms with E-state index in [0.717, 1.165) is 5.56 Å². The molecule has 1 aromatic carbocycles. The number of ether oxygens (including phenoxy) is 1. The zero-order chi connectivity index (χ0) is 15.0. The summed E-state index contributed by atoms with van der Waals surface area (Å²) in [6.07, 6.45) is 3.37. The molecular weight excluding hydrogens is 261 g/mol. The summed E-state index contributed by atoms with van der Waals surface area (Å²) in [6.45, 7) is 2.07. The van der Waals surface area contributed by atoms with E-state index in [-0.39, 0.29) is 18.3 Å². The van der Waals surface area contributed by atoms with Crippen LogP contribution in [0.2, 0.25) is 0 Å². The van der Waals surface area contributed by atoms with Crippen molar-refractivity contribution in [2.75, 3.05) is 20.3 Å². The molecule has 0 spiro atoms. The second kappa shape index (κ2) is 7.77. The predicted molar refractivity (Wildman–Crippen MR) is 75.6 cm³/mol. The van der Waals surface area contributed by atoms with Crippen LogP contribution >= 0.6 is 0 Å². The highest BCUT2D eigenvalue weighted by atomic mass is 19.1. The zero-order valence-electron chi connectivity index (χ0n) is 11.7. The van der Waals surface area contributed by atoms with Gasteiger partial charge in [-0.25, -0.2) is 4.39 Å². The maximum absolute atomic E-state index is 12.7. The van der Waals surface area contributed by atoms with Gasteiger partial charge in [-0.1, -0.05) is 12.1 Å². The lowest BCUT2D eigenvalue weighted by atomic mass is 9.99. The third kappa shape index (κ3) is 5.50. The lowest BCUT2D eigenvalue weighted by Gasteiger charge is -2.28. The number of methoxy groups -OCH3 is 1. The van der Waals surface area contributed by atoms with Crippen LogP contribution < -0.4 is 5.32 Å². The molecule has 1 amide bonds. The van der Waals surface area contributed by atoms with Gasteiger partial charge in [0.05, 0.1) is 12.1 Å². The minimum atomic E-state index is -0.617. The van der Waals surface area contributed by atoms with Crippen LogP contribution in [0, 0.1) is 5.82 Å². The van der Waals surface area contributed by atoms with Gasteiger partial charge < -0.3 is 15.2 Å². The van der Waals surface area contributed by atoms with Gasteiger partial charge in [-0.3, -0.25) is 4.79 Å². The highest BCUT2D eigenvalue weighted by molar-refractivity contribution is 5.92. The molecule has 1 aromatic rings. The number of carbonyl (C=O) groups excluding carboxylic acids is 1. The first-order chi connectivity index (χ1) is 9.49. The van der Waals surface area contributed by atoms with Crippen molar-refractivity contribution in [2.45, 2.75) is 18.9 Å². The van der Waals surface area contributed by atoms with Crippen LogP contribution in [0.15, 0.2) is 30.3 Å². The Morgan fingerprint density at radius 1 is 1.45 bits per heavy atom. The number of hydrogen-bond donors (Lipinski definition) is 2. The Labute approximate surface area is 118 Å². The van der Waals surface area contributed by atoms with Gasteiger partial charge in [0.15, 0.2) is 0 Å². The molecule has 1 rings (SSSR count). The van der Waals surface area contributed by atoms with E-state index in [4.69, 9.17) is 9.84 Å². The predicted octanol–water partition coefficient (Wildman–Crippen LogP) is 1.74. The van der Waals surface area contributed by atoms with Crippen molar-refractivity contribution in [2.24, 2.45) is 0 Å². The molecule has 0 aromatic heterocycles. The molecule has 0 bridgehead atoms. The molecule has 0 aliphatic rings. The monoisotopic (exact) mass is 281 g/mol. The summed E-state index contributed by atoms with van der Waals surface area (Å²) in [5.74, 6) is -0.607. The van der Waals surface area contributed by atoms with E-state index in [1.54, 1.807) is 25.1 Å². The molecule has 0 saturated carbocycles. The fraction of sp³-hybridized carbons (Fsp3) is 0.400. The summed E-state index contributed by atoms with van der Waals surface area (Å²) in [4.78, 5) is 11.8. The third-order valence-electron chi connectivity index (χ3n) is 2.85. The van der Waals surface area contributed by atoms with E-state index in [9.17, 15) is 9.18 Å². The van der Waals surface area contributed by atoms with Gasteiger partial charge in [0.2, 0.25) is 5.91 Å². The fourth-order valence-electron chi connectivity index (χ4n) is 1.82. The van der Waals surface area contributed by atoms with Crippen LogP contribution in [0.1, 0.15) is 18.9 Å². The molecule has 5 heteroatoms. The van der Waals surface area contributed by atoms with Crippen molar-refractivity contribution in [1.29, 1.82) is 0 Å². The molecular formula is C15H20FNO3. The topological polar surface area (TPSA) is 58.6 Å². The Balaban J connectivity index is 2.63. The number of aliphatic hydroxyl groups is 1. The van der Waals surface area contributed by atoms with Crippen LogP contribution in [-0.2, 0) is 9.53 Å². The Kier molecular flexibility index (Phi) is 6.35. The number of amides is 1. The molecule has 2 N–H and O–H groups in total. The van der Waals surface area contributed by atoms with Gasteiger partial charge >= 0.3 is 0 Å². The molecule has 110 valence electrons. The Hall–Kier alpha value is -1.72. The number of carbonyl (C=O) groups is 1. The Morgan fingerprint density at radius 2 is 2.10 bits per heavy atom. The van der Waals surface area contributed by atoms with Crippen LogP contribution in [0.4, 0.5) is 4.39 Å². The minimum absolute atomic E-state index is 0.0399. The molecule has 0 aliphatic carbocycles. The first kappa shape index (κ1) is 16.3. The smallest absolute Gasteiger partial charge is 0.244 e. The summed E-state index contributed by atoms with van der Waals surface area (Å²) >= 11 is 0. The van der Waals surface area contributed by atoms with Gasteiger partial charge in [0, 0.05) is 19.8 Å². The second-order valence-corrected chi connectivity index (χ2v) is 4.84. The average molecular weight is 281 g/mol. The molecule has 0 heterocycles. The van der Waals surface area contributed by atoms with Gasteiger partial charge in [-0.05, 0) is 37.1 Å². The lowest BCUT2D eigenvalue weighted by Crippen LogP contribution is -2.49. The van der Waals surface area contributed by atoms with E-state index < -0.39 is 5.54 Å². The van der Waals surface area contributed by atoms with Gasteiger partial charge in [-0.2, -0.15) is 0 Å². The quantitative estimate of drug-likeness (QED) is 0.749. The summed E-state index contributed by atoms with van der Waals surface area (Å²) in [5.41, 5.74) is 0.116. The van der Waals surface area contributed by atoms with Crippen molar-refractivity contribution < 1.29 is 19.0 Å². The van der Waals surface area contributed by atoms with Crippen LogP contribution in [0.25, 0.3) is 6.08 Å². The molecule has 0 saturated heterocycles. The highest BCUT2D eigenvalue weighted by Crippen LogP contribution is 2.10. The molecule has 0 radical (unpaired) electrons. The van der Waals surface area contributed by atoms with E-state index in [2.05, 4.69) is 5.32 Å². The lowest BCUT2D eigenvalue weighted by molar-refractivity contribution is -0.119. The molecule has 20 heavy (non-hydrogen) atoms. The van der Waals surface area contributed by atoms with Crippen molar-refractivity contribution >= 4 is 12.0 Å². The molecule has 4 nitrogen and oxygen atoms in total. The molecule has 1 unspecified atom stereocenters. The van der Waals surface area contributed by atoms with E-state index in [1.807, 2.05) is 0 Å². The summed E-state index contributed by atoms with van der Waals surface area (Å²) < 4.78 is 17.8. The van der Waals surface area contributed by atoms with Gasteiger partial charge in [0.25, 0.3) is 0 Å². The Bertz CT molecular complexity index is 451. The van der Waals surface area contributed by atoms with E-state index >= 15 is 0 Å². The van der Waals surface area contributed by atoms with E-state index in [1.165, 1.54) is 25.3 Å². The number of halogens is 1. The van der Waals surface area contributed by atoms with Crippen LogP contribution in [0.5, 0.6) is 0 Å². The van der Waals surface area contributed by atoms with Crippen molar-refractivity contribution in [3.63, 3.8) is 0 Å².